The molecule has 0 radical (unpaired) electrons. The third kappa shape index (κ3) is 5.78. The Bertz CT molecular complexity index is 858. The molecule has 7 heteroatoms. The van der Waals surface area contributed by atoms with Crippen LogP contribution in [0.1, 0.15) is 31.1 Å². The molecule has 0 heterocycles. The first-order chi connectivity index (χ1) is 12.8. The second-order valence-corrected chi connectivity index (χ2v) is 6.01. The summed E-state index contributed by atoms with van der Waals surface area (Å²) in [6.45, 7) is 4.08. The molecule has 0 saturated carbocycles. The Balaban J connectivity index is 2.06. The number of carbonyl (C=O) groups is 4. The quantitative estimate of drug-likeness (QED) is 0.768. The number of hydrogen-bond acceptors (Lipinski definition) is 4. The number of ketones is 1. The van der Waals surface area contributed by atoms with E-state index in [-0.39, 0.29) is 30.0 Å². The monoisotopic (exact) mass is 367 g/mol. The Kier molecular flexibility index (Phi) is 6.43. The summed E-state index contributed by atoms with van der Waals surface area (Å²) in [5, 5.41) is 5.34. The molecule has 0 saturated heterocycles. The average molecular weight is 367 g/mol. The molecule has 0 bridgehead atoms. The highest BCUT2D eigenvalue weighted by Crippen LogP contribution is 2.19. The molecule has 2 aromatic rings. The van der Waals surface area contributed by atoms with E-state index in [4.69, 9.17) is 0 Å². The highest BCUT2D eigenvalue weighted by molar-refractivity contribution is 6.02. The minimum absolute atomic E-state index is 0.0571. The fourth-order valence-corrected chi connectivity index (χ4v) is 2.44. The summed E-state index contributed by atoms with van der Waals surface area (Å²) in [4.78, 5) is 47.9. The summed E-state index contributed by atoms with van der Waals surface area (Å²) in [6, 6.07) is 13.1. The summed E-state index contributed by atoms with van der Waals surface area (Å²) >= 11 is 0. The second kappa shape index (κ2) is 8.75. The molecule has 140 valence electrons. The lowest BCUT2D eigenvalue weighted by molar-refractivity contribution is -0.120. The van der Waals surface area contributed by atoms with Gasteiger partial charge < -0.3 is 15.5 Å². The van der Waals surface area contributed by atoms with E-state index in [1.807, 2.05) is 0 Å². The molecule has 3 amide bonds. The number of rotatable bonds is 6. The topological polar surface area (TPSA) is 95.6 Å². The molecule has 0 unspecified atom stereocenters. The Labute approximate surface area is 157 Å². The minimum atomic E-state index is -0.369. The highest BCUT2D eigenvalue weighted by atomic mass is 16.2. The number of nitrogens with one attached hydrogen (secondary N) is 2. The summed E-state index contributed by atoms with van der Waals surface area (Å²) in [6.07, 6.45) is 0. The maximum absolute atomic E-state index is 12.3. The third-order valence-electron chi connectivity index (χ3n) is 3.76. The first-order valence-corrected chi connectivity index (χ1v) is 8.33. The van der Waals surface area contributed by atoms with Gasteiger partial charge in [-0.15, -0.1) is 0 Å². The largest absolute Gasteiger partial charge is 0.326 e. The molecule has 7 nitrogen and oxygen atoms in total. The minimum Gasteiger partial charge on any atom is -0.326 e. The lowest BCUT2D eigenvalue weighted by atomic mass is 10.1. The average Bonchev–Trinajstić information content (AvgIpc) is 2.60. The molecule has 0 fully saturated rings. The zero-order valence-electron chi connectivity index (χ0n) is 15.4. The predicted molar refractivity (Wildman–Crippen MR) is 104 cm³/mol. The number of benzene rings is 2. The van der Waals surface area contributed by atoms with Crippen LogP contribution in [0.4, 0.5) is 17.1 Å². The number of amides is 3. The van der Waals surface area contributed by atoms with Crippen LogP contribution in [-0.2, 0) is 14.4 Å². The van der Waals surface area contributed by atoms with Crippen LogP contribution in [0.25, 0.3) is 0 Å². The Morgan fingerprint density at radius 1 is 0.778 bits per heavy atom. The van der Waals surface area contributed by atoms with Crippen LogP contribution in [0, 0.1) is 0 Å². The number of anilines is 3. The molecule has 0 aliphatic carbocycles. The molecule has 2 rings (SSSR count). The van der Waals surface area contributed by atoms with Gasteiger partial charge in [-0.3, -0.25) is 19.2 Å². The molecule has 0 aliphatic rings. The van der Waals surface area contributed by atoms with Crippen molar-refractivity contribution in [1.29, 1.82) is 0 Å². The van der Waals surface area contributed by atoms with Crippen LogP contribution in [0.3, 0.4) is 0 Å². The lowest BCUT2D eigenvalue weighted by Gasteiger charge is -2.21. The van der Waals surface area contributed by atoms with Crippen LogP contribution in [0.15, 0.2) is 48.5 Å². The van der Waals surface area contributed by atoms with Gasteiger partial charge in [0.1, 0.15) is 6.54 Å². The number of carbonyl (C=O) groups excluding carboxylic acids is 4. The molecule has 0 aliphatic heterocycles. The van der Waals surface area contributed by atoms with Crippen molar-refractivity contribution in [2.45, 2.75) is 20.8 Å². The van der Waals surface area contributed by atoms with Crippen molar-refractivity contribution in [2.24, 2.45) is 0 Å². The normalized spacial score (nSPS) is 10.0. The molecule has 2 aromatic carbocycles. The van der Waals surface area contributed by atoms with E-state index >= 15 is 0 Å². The van der Waals surface area contributed by atoms with E-state index in [2.05, 4.69) is 10.6 Å². The van der Waals surface area contributed by atoms with Crippen molar-refractivity contribution in [3.63, 3.8) is 0 Å². The van der Waals surface area contributed by atoms with E-state index in [9.17, 15) is 19.2 Å². The van der Waals surface area contributed by atoms with Crippen molar-refractivity contribution in [3.8, 4) is 0 Å². The number of nitrogens with zero attached hydrogens (tertiary/aromatic N) is 1. The SMILES string of the molecule is CC(=O)Nc1ccc(N(CC(=O)Nc2ccc(C(C)=O)cc2)C(C)=O)cc1. The Morgan fingerprint density at radius 3 is 1.78 bits per heavy atom. The summed E-state index contributed by atoms with van der Waals surface area (Å²) in [5.41, 5.74) is 2.23. The molecular formula is C20H21N3O4. The molecule has 0 aromatic heterocycles. The van der Waals surface area contributed by atoms with Gasteiger partial charge in [0.05, 0.1) is 0 Å². The molecular weight excluding hydrogens is 346 g/mol. The lowest BCUT2D eigenvalue weighted by Crippen LogP contribution is -2.36. The van der Waals surface area contributed by atoms with Gasteiger partial charge in [-0.25, -0.2) is 0 Å². The molecule has 0 spiro atoms. The maximum atomic E-state index is 12.3. The Morgan fingerprint density at radius 2 is 1.30 bits per heavy atom. The zero-order chi connectivity index (χ0) is 20.0. The fourth-order valence-electron chi connectivity index (χ4n) is 2.44. The van der Waals surface area contributed by atoms with Gasteiger partial charge in [0.2, 0.25) is 17.7 Å². The molecule has 27 heavy (non-hydrogen) atoms. The van der Waals surface area contributed by atoms with Crippen LogP contribution in [0.2, 0.25) is 0 Å². The van der Waals surface area contributed by atoms with Crippen LogP contribution >= 0.6 is 0 Å². The summed E-state index contributed by atoms with van der Waals surface area (Å²) in [7, 11) is 0. The number of hydrogen-bond donors (Lipinski definition) is 2. The van der Waals surface area contributed by atoms with E-state index < -0.39 is 0 Å². The molecule has 0 atom stereocenters. The van der Waals surface area contributed by atoms with Gasteiger partial charge >= 0.3 is 0 Å². The van der Waals surface area contributed by atoms with E-state index in [0.29, 0.717) is 22.6 Å². The first-order valence-electron chi connectivity index (χ1n) is 8.33. The van der Waals surface area contributed by atoms with Gasteiger partial charge in [0.25, 0.3) is 0 Å². The Hall–Kier alpha value is -3.48. The van der Waals surface area contributed by atoms with E-state index in [1.165, 1.54) is 25.7 Å². The van der Waals surface area contributed by atoms with Crippen molar-refractivity contribution < 1.29 is 19.2 Å². The summed E-state index contributed by atoms with van der Waals surface area (Å²) < 4.78 is 0. The molecule has 2 N–H and O–H groups in total. The van der Waals surface area contributed by atoms with Gasteiger partial charge in [0.15, 0.2) is 5.78 Å². The zero-order valence-corrected chi connectivity index (χ0v) is 15.4. The smallest absolute Gasteiger partial charge is 0.244 e. The van der Waals surface area contributed by atoms with Gasteiger partial charge in [-0.05, 0) is 55.5 Å². The fraction of sp³-hybridized carbons (Fsp3) is 0.200. The maximum Gasteiger partial charge on any atom is 0.244 e. The van der Waals surface area contributed by atoms with Crippen LogP contribution < -0.4 is 15.5 Å². The van der Waals surface area contributed by atoms with Crippen molar-refractivity contribution >= 4 is 40.6 Å². The van der Waals surface area contributed by atoms with Crippen molar-refractivity contribution in [2.75, 3.05) is 22.1 Å². The summed E-state index contributed by atoms with van der Waals surface area (Å²) in [5.74, 6) is -0.907. The van der Waals surface area contributed by atoms with Crippen molar-refractivity contribution in [3.05, 3.63) is 54.1 Å². The number of Topliss-reactive ketones (excluding diaryl/α,β-unsaturated/α-hetero) is 1. The van der Waals surface area contributed by atoms with Crippen molar-refractivity contribution in [1.82, 2.24) is 0 Å². The van der Waals surface area contributed by atoms with Gasteiger partial charge in [-0.2, -0.15) is 0 Å². The predicted octanol–water partition coefficient (Wildman–Crippen LogP) is 2.84. The standard InChI is InChI=1S/C20H21N3O4/c1-13(24)16-4-6-18(7-5-16)22-20(27)12-23(15(3)26)19-10-8-17(9-11-19)21-14(2)25/h4-11H,12H2,1-3H3,(H,21,25)(H,22,27). The third-order valence-corrected chi connectivity index (χ3v) is 3.76. The van der Waals surface area contributed by atoms with Crippen LogP contribution in [-0.4, -0.2) is 30.0 Å². The first kappa shape index (κ1) is 19.8. The second-order valence-electron chi connectivity index (χ2n) is 6.01. The van der Waals surface area contributed by atoms with Gasteiger partial charge in [0, 0.05) is 36.5 Å². The highest BCUT2D eigenvalue weighted by Gasteiger charge is 2.16. The van der Waals surface area contributed by atoms with Gasteiger partial charge in [-0.1, -0.05) is 0 Å². The van der Waals surface area contributed by atoms with E-state index in [1.54, 1.807) is 48.5 Å². The van der Waals surface area contributed by atoms with E-state index in [0.717, 1.165) is 0 Å². The van der Waals surface area contributed by atoms with Crippen LogP contribution in [0.5, 0.6) is 0 Å².